The maximum Gasteiger partial charge on any atom is 0.337 e. The van der Waals surface area contributed by atoms with E-state index >= 15 is 0 Å². The Balaban J connectivity index is 2.21. The Morgan fingerprint density at radius 2 is 1.63 bits per heavy atom. The molecule has 1 aromatic heterocycles. The summed E-state index contributed by atoms with van der Waals surface area (Å²) < 4.78 is 46.5. The van der Waals surface area contributed by atoms with Crippen LogP contribution in [0.15, 0.2) is 42.7 Å². The second kappa shape index (κ2) is 5.40. The molecule has 1 heterocycles. The summed E-state index contributed by atoms with van der Waals surface area (Å²) in [7, 11) is -4.44. The topological polar surface area (TPSA) is 59.9 Å². The third-order valence-corrected chi connectivity index (χ3v) is 3.66. The van der Waals surface area contributed by atoms with Gasteiger partial charge < -0.3 is 0 Å². The minimum absolute atomic E-state index is 0.139. The molecule has 0 radical (unpaired) electrons. The van der Waals surface area contributed by atoms with E-state index in [4.69, 9.17) is 0 Å². The number of nitrogens with zero attached hydrogens (tertiary/aromatic N) is 2. The molecule has 2 rings (SSSR count). The van der Waals surface area contributed by atoms with Crippen LogP contribution in [0.3, 0.4) is 0 Å². The van der Waals surface area contributed by atoms with Gasteiger partial charge in [0, 0.05) is 23.5 Å². The standard InChI is InChI=1S/C12H10F2N2O2S/c13-12(14)19(17,18)8-9-6-15-11(16-7-9)10-4-2-1-3-5-10/h1-7,12H,8H2. The van der Waals surface area contributed by atoms with Gasteiger partial charge in [-0.25, -0.2) is 18.4 Å². The van der Waals surface area contributed by atoms with Gasteiger partial charge in [-0.15, -0.1) is 0 Å². The largest absolute Gasteiger partial charge is 0.337 e. The van der Waals surface area contributed by atoms with Crippen LogP contribution in [0.1, 0.15) is 5.56 Å². The number of alkyl halides is 2. The maximum absolute atomic E-state index is 12.2. The van der Waals surface area contributed by atoms with E-state index in [1.165, 1.54) is 12.4 Å². The molecule has 0 aliphatic carbocycles. The molecule has 100 valence electrons. The fourth-order valence-electron chi connectivity index (χ4n) is 1.46. The molecule has 0 N–H and O–H groups in total. The van der Waals surface area contributed by atoms with E-state index < -0.39 is 21.3 Å². The van der Waals surface area contributed by atoms with Gasteiger partial charge in [-0.1, -0.05) is 30.3 Å². The molecular weight excluding hydrogens is 274 g/mol. The SMILES string of the molecule is O=S(=O)(Cc1cnc(-c2ccccc2)nc1)C(F)F. The Hall–Kier alpha value is -1.89. The molecule has 2 aromatic rings. The Bertz CT molecular complexity index is 643. The van der Waals surface area contributed by atoms with Crippen molar-refractivity contribution in [3.8, 4) is 11.4 Å². The quantitative estimate of drug-likeness (QED) is 0.864. The van der Waals surface area contributed by atoms with Crippen LogP contribution < -0.4 is 0 Å². The summed E-state index contributed by atoms with van der Waals surface area (Å²) in [5, 5.41) is 0. The van der Waals surface area contributed by atoms with E-state index in [1.54, 1.807) is 12.1 Å². The van der Waals surface area contributed by atoms with Crippen molar-refractivity contribution in [1.29, 1.82) is 0 Å². The van der Waals surface area contributed by atoms with Crippen LogP contribution in [0.5, 0.6) is 0 Å². The lowest BCUT2D eigenvalue weighted by molar-refractivity contribution is 0.234. The predicted octanol–water partition coefficient (Wildman–Crippen LogP) is 2.28. The van der Waals surface area contributed by atoms with Crippen molar-refractivity contribution in [2.75, 3.05) is 0 Å². The molecule has 19 heavy (non-hydrogen) atoms. The Labute approximate surface area is 109 Å². The van der Waals surface area contributed by atoms with E-state index in [0.717, 1.165) is 5.56 Å². The Morgan fingerprint density at radius 1 is 1.05 bits per heavy atom. The minimum atomic E-state index is -4.44. The molecule has 0 aliphatic rings. The normalized spacial score (nSPS) is 11.7. The highest BCUT2D eigenvalue weighted by Crippen LogP contribution is 2.16. The fourth-order valence-corrected chi connectivity index (χ4v) is 2.20. The molecule has 0 fully saturated rings. The van der Waals surface area contributed by atoms with Gasteiger partial charge in [0.2, 0.25) is 9.84 Å². The van der Waals surface area contributed by atoms with Crippen molar-refractivity contribution in [3.05, 3.63) is 48.3 Å². The highest BCUT2D eigenvalue weighted by molar-refractivity contribution is 7.90. The van der Waals surface area contributed by atoms with Crippen LogP contribution in [-0.4, -0.2) is 24.1 Å². The van der Waals surface area contributed by atoms with Crippen LogP contribution in [0.4, 0.5) is 8.78 Å². The number of benzene rings is 1. The molecule has 1 aromatic carbocycles. The van der Waals surface area contributed by atoms with Gasteiger partial charge in [-0.05, 0) is 0 Å². The number of hydrogen-bond acceptors (Lipinski definition) is 4. The van der Waals surface area contributed by atoms with Gasteiger partial charge >= 0.3 is 5.76 Å². The van der Waals surface area contributed by atoms with Crippen molar-refractivity contribution in [2.45, 2.75) is 11.5 Å². The Kier molecular flexibility index (Phi) is 3.84. The zero-order valence-corrected chi connectivity index (χ0v) is 10.5. The molecule has 0 spiro atoms. The van der Waals surface area contributed by atoms with Gasteiger partial charge in [0.05, 0.1) is 5.75 Å². The van der Waals surface area contributed by atoms with Gasteiger partial charge in [0.1, 0.15) is 0 Å². The average molecular weight is 284 g/mol. The van der Waals surface area contributed by atoms with Crippen molar-refractivity contribution in [1.82, 2.24) is 9.97 Å². The Morgan fingerprint density at radius 3 is 2.16 bits per heavy atom. The third kappa shape index (κ3) is 3.31. The first-order valence-corrected chi connectivity index (χ1v) is 7.06. The second-order valence-corrected chi connectivity index (χ2v) is 5.82. The zero-order chi connectivity index (χ0) is 13.9. The smallest absolute Gasteiger partial charge is 0.236 e. The average Bonchev–Trinajstić information content (AvgIpc) is 2.40. The van der Waals surface area contributed by atoms with Crippen molar-refractivity contribution in [2.24, 2.45) is 0 Å². The number of sulfone groups is 1. The van der Waals surface area contributed by atoms with Crippen LogP contribution >= 0.6 is 0 Å². The third-order valence-electron chi connectivity index (χ3n) is 2.38. The van der Waals surface area contributed by atoms with E-state index in [-0.39, 0.29) is 5.56 Å². The van der Waals surface area contributed by atoms with E-state index in [0.29, 0.717) is 5.82 Å². The first kappa shape index (κ1) is 13.5. The fraction of sp³-hybridized carbons (Fsp3) is 0.167. The molecule has 0 bridgehead atoms. The van der Waals surface area contributed by atoms with Gasteiger partial charge in [-0.2, -0.15) is 8.78 Å². The number of halogens is 2. The lowest BCUT2D eigenvalue weighted by Crippen LogP contribution is -2.14. The zero-order valence-electron chi connectivity index (χ0n) is 9.70. The molecular formula is C12H10F2N2O2S. The van der Waals surface area contributed by atoms with Crippen LogP contribution in [-0.2, 0) is 15.6 Å². The monoisotopic (exact) mass is 284 g/mol. The second-order valence-electron chi connectivity index (χ2n) is 3.85. The minimum Gasteiger partial charge on any atom is -0.236 e. The van der Waals surface area contributed by atoms with E-state index in [1.807, 2.05) is 18.2 Å². The summed E-state index contributed by atoms with van der Waals surface area (Å²) in [5.41, 5.74) is 0.908. The summed E-state index contributed by atoms with van der Waals surface area (Å²) >= 11 is 0. The van der Waals surface area contributed by atoms with Crippen molar-refractivity contribution < 1.29 is 17.2 Å². The molecule has 7 heteroatoms. The molecule has 0 saturated carbocycles. The molecule has 0 amide bonds. The lowest BCUT2D eigenvalue weighted by atomic mass is 10.2. The summed E-state index contributed by atoms with van der Waals surface area (Å²) in [6.45, 7) is 0. The van der Waals surface area contributed by atoms with Crippen molar-refractivity contribution >= 4 is 9.84 Å². The van der Waals surface area contributed by atoms with E-state index in [2.05, 4.69) is 9.97 Å². The highest BCUT2D eigenvalue weighted by Gasteiger charge is 2.24. The summed E-state index contributed by atoms with van der Waals surface area (Å²) in [6, 6.07) is 9.06. The molecule has 0 atom stereocenters. The summed E-state index contributed by atoms with van der Waals surface area (Å²) in [4.78, 5) is 7.94. The molecule has 4 nitrogen and oxygen atoms in total. The highest BCUT2D eigenvalue weighted by atomic mass is 32.2. The maximum atomic E-state index is 12.2. The molecule has 0 aliphatic heterocycles. The van der Waals surface area contributed by atoms with Crippen LogP contribution in [0, 0.1) is 0 Å². The van der Waals surface area contributed by atoms with E-state index in [9.17, 15) is 17.2 Å². The van der Waals surface area contributed by atoms with Gasteiger partial charge in [-0.3, -0.25) is 0 Å². The number of aromatic nitrogens is 2. The number of rotatable bonds is 4. The number of hydrogen-bond donors (Lipinski definition) is 0. The molecule has 0 unspecified atom stereocenters. The molecule has 0 saturated heterocycles. The summed E-state index contributed by atoms with van der Waals surface area (Å²) in [6.07, 6.45) is 2.49. The summed E-state index contributed by atoms with van der Waals surface area (Å²) in [5.74, 6) is -3.74. The predicted molar refractivity (Wildman–Crippen MR) is 66.1 cm³/mol. The van der Waals surface area contributed by atoms with Gasteiger partial charge in [0.25, 0.3) is 0 Å². The van der Waals surface area contributed by atoms with Crippen LogP contribution in [0.2, 0.25) is 0 Å². The van der Waals surface area contributed by atoms with Crippen molar-refractivity contribution in [3.63, 3.8) is 0 Å². The first-order valence-electron chi connectivity index (χ1n) is 5.35. The first-order chi connectivity index (χ1) is 8.99. The van der Waals surface area contributed by atoms with Gasteiger partial charge in [0.15, 0.2) is 5.82 Å². The lowest BCUT2D eigenvalue weighted by Gasteiger charge is -2.04. The van der Waals surface area contributed by atoms with Crippen LogP contribution in [0.25, 0.3) is 11.4 Å².